The first-order valence-corrected chi connectivity index (χ1v) is 9.75. The number of nitrogens with zero attached hydrogens (tertiary/aromatic N) is 2. The van der Waals surface area contributed by atoms with Crippen LogP contribution in [0.15, 0.2) is 77.7 Å². The molecule has 0 aliphatic carbocycles. The van der Waals surface area contributed by atoms with Crippen molar-refractivity contribution < 1.29 is 4.79 Å². The fourth-order valence-electron chi connectivity index (χ4n) is 4.12. The minimum absolute atomic E-state index is 0.127. The molecule has 1 N–H and O–H groups in total. The summed E-state index contributed by atoms with van der Waals surface area (Å²) in [6, 6.07) is 21.1. The molecule has 5 rings (SSSR count). The van der Waals surface area contributed by atoms with E-state index < -0.39 is 0 Å². The zero-order valence-corrected chi connectivity index (χ0v) is 16.6. The maximum Gasteiger partial charge on any atom is 0.258 e. The number of hydrogen-bond donors (Lipinski definition) is 1. The molecule has 0 radical (unpaired) electrons. The van der Waals surface area contributed by atoms with Crippen molar-refractivity contribution in [3.63, 3.8) is 0 Å². The lowest BCUT2D eigenvalue weighted by Crippen LogP contribution is -2.12. The molecule has 0 saturated carbocycles. The number of rotatable bonds is 3. The first-order chi connectivity index (χ1) is 14.5. The van der Waals surface area contributed by atoms with Gasteiger partial charge in [-0.3, -0.25) is 9.59 Å². The van der Waals surface area contributed by atoms with Gasteiger partial charge < -0.3 is 9.38 Å². The first kappa shape index (κ1) is 18.1. The van der Waals surface area contributed by atoms with Gasteiger partial charge in [0.1, 0.15) is 5.82 Å². The molecule has 146 valence electrons. The second-order valence-electron chi connectivity index (χ2n) is 7.38. The summed E-state index contributed by atoms with van der Waals surface area (Å²) in [4.78, 5) is 33.0. The van der Waals surface area contributed by atoms with E-state index in [1.54, 1.807) is 25.1 Å². The molecule has 5 aromatic rings. The average Bonchev–Trinajstić information content (AvgIpc) is 3.05. The molecule has 0 amide bonds. The minimum Gasteiger partial charge on any atom is -0.313 e. The minimum atomic E-state index is -0.242. The van der Waals surface area contributed by atoms with Gasteiger partial charge in [0.15, 0.2) is 0 Å². The highest BCUT2D eigenvalue weighted by Gasteiger charge is 2.22. The van der Waals surface area contributed by atoms with Gasteiger partial charge >= 0.3 is 0 Å². The number of H-pyrrole nitrogens is 1. The largest absolute Gasteiger partial charge is 0.313 e. The molecule has 30 heavy (non-hydrogen) atoms. The molecule has 0 atom stereocenters. The quantitative estimate of drug-likeness (QED) is 0.452. The number of fused-ring (bicyclic) bond motifs is 2. The molecule has 0 fully saturated rings. The third kappa shape index (κ3) is 2.75. The zero-order chi connectivity index (χ0) is 20.8. The van der Waals surface area contributed by atoms with Crippen LogP contribution in [0.5, 0.6) is 0 Å². The standard InChI is InChI=1S/C25H19N3O2/c1-15-22(17-8-4-3-5-9-17)21-10-6-7-13-28(21)23(15)24(29)18-11-12-20-19(14-18)25(30)27-16(2)26-20/h3-14H,1-2H3,(H,26,27,30). The maximum atomic E-state index is 13.6. The summed E-state index contributed by atoms with van der Waals surface area (Å²) in [5.74, 6) is 0.422. The Labute approximate surface area is 172 Å². The van der Waals surface area contributed by atoms with E-state index in [1.165, 1.54) is 0 Å². The molecule has 0 aliphatic rings. The summed E-state index contributed by atoms with van der Waals surface area (Å²) < 4.78 is 1.93. The monoisotopic (exact) mass is 393 g/mol. The fraction of sp³-hybridized carbons (Fsp3) is 0.0800. The van der Waals surface area contributed by atoms with Crippen LogP contribution in [-0.4, -0.2) is 20.2 Å². The highest BCUT2D eigenvalue weighted by Crippen LogP contribution is 2.34. The predicted molar refractivity (Wildman–Crippen MR) is 118 cm³/mol. The van der Waals surface area contributed by atoms with Gasteiger partial charge in [0.25, 0.3) is 5.56 Å². The fourth-order valence-corrected chi connectivity index (χ4v) is 4.12. The summed E-state index contributed by atoms with van der Waals surface area (Å²) in [6.45, 7) is 3.71. The molecule has 5 nitrogen and oxygen atoms in total. The van der Waals surface area contributed by atoms with Gasteiger partial charge in [0.05, 0.1) is 22.1 Å². The third-order valence-electron chi connectivity index (χ3n) is 5.45. The van der Waals surface area contributed by atoms with Crippen LogP contribution in [-0.2, 0) is 0 Å². The van der Waals surface area contributed by atoms with E-state index in [9.17, 15) is 9.59 Å². The van der Waals surface area contributed by atoms with E-state index >= 15 is 0 Å². The molecular weight excluding hydrogens is 374 g/mol. The topological polar surface area (TPSA) is 67.2 Å². The molecule has 5 heteroatoms. The Bertz CT molecular complexity index is 1490. The number of hydrogen-bond acceptors (Lipinski definition) is 3. The van der Waals surface area contributed by atoms with Crippen LogP contribution in [0, 0.1) is 13.8 Å². The summed E-state index contributed by atoms with van der Waals surface area (Å²) in [5.41, 5.74) is 5.38. The molecule has 0 unspecified atom stereocenters. The van der Waals surface area contributed by atoms with Gasteiger partial charge in [-0.2, -0.15) is 0 Å². The van der Waals surface area contributed by atoms with Crippen LogP contribution in [0.1, 0.15) is 27.4 Å². The average molecular weight is 393 g/mol. The number of pyridine rings is 1. The number of carbonyl (C=O) groups is 1. The smallest absolute Gasteiger partial charge is 0.258 e. The Balaban J connectivity index is 1.74. The van der Waals surface area contributed by atoms with Crippen molar-refractivity contribution in [2.24, 2.45) is 0 Å². The molecular formula is C25H19N3O2. The van der Waals surface area contributed by atoms with Gasteiger partial charge in [-0.1, -0.05) is 36.4 Å². The lowest BCUT2D eigenvalue weighted by molar-refractivity contribution is 0.103. The van der Waals surface area contributed by atoms with E-state index in [1.807, 2.05) is 66.1 Å². The summed E-state index contributed by atoms with van der Waals surface area (Å²) in [5, 5.41) is 0.410. The van der Waals surface area contributed by atoms with Crippen LogP contribution in [0.2, 0.25) is 0 Å². The number of benzene rings is 2. The van der Waals surface area contributed by atoms with E-state index in [-0.39, 0.29) is 11.3 Å². The van der Waals surface area contributed by atoms with Gasteiger partial charge in [0, 0.05) is 17.3 Å². The van der Waals surface area contributed by atoms with Crippen LogP contribution >= 0.6 is 0 Å². The number of nitrogens with one attached hydrogen (secondary N) is 1. The molecule has 3 aromatic heterocycles. The molecule has 0 spiro atoms. The lowest BCUT2D eigenvalue weighted by atomic mass is 9.98. The van der Waals surface area contributed by atoms with Crippen LogP contribution in [0.3, 0.4) is 0 Å². The predicted octanol–water partition coefficient (Wildman–Crippen LogP) is 4.69. The van der Waals surface area contributed by atoms with Crippen molar-refractivity contribution in [3.05, 3.63) is 106 Å². The highest BCUT2D eigenvalue weighted by molar-refractivity contribution is 6.12. The summed E-state index contributed by atoms with van der Waals surface area (Å²) in [7, 11) is 0. The normalized spacial score (nSPS) is 11.3. The Morgan fingerprint density at radius 2 is 1.73 bits per heavy atom. The van der Waals surface area contributed by atoms with Crippen molar-refractivity contribution in [2.45, 2.75) is 13.8 Å². The van der Waals surface area contributed by atoms with Crippen molar-refractivity contribution in [2.75, 3.05) is 0 Å². The van der Waals surface area contributed by atoms with Crippen molar-refractivity contribution in [1.82, 2.24) is 14.4 Å². The van der Waals surface area contributed by atoms with Crippen LogP contribution < -0.4 is 5.56 Å². The van der Waals surface area contributed by atoms with Gasteiger partial charge in [-0.15, -0.1) is 0 Å². The Morgan fingerprint density at radius 1 is 0.967 bits per heavy atom. The van der Waals surface area contributed by atoms with Crippen molar-refractivity contribution in [3.8, 4) is 11.1 Å². The number of carbonyl (C=O) groups excluding carboxylic acids is 1. The molecule has 0 saturated heterocycles. The maximum absolute atomic E-state index is 13.6. The Morgan fingerprint density at radius 3 is 2.53 bits per heavy atom. The van der Waals surface area contributed by atoms with Crippen LogP contribution in [0.4, 0.5) is 0 Å². The molecule has 0 aliphatic heterocycles. The SMILES string of the molecule is Cc1nc2ccc(C(=O)c3c(C)c(-c4ccccc4)c4ccccn34)cc2c(=O)[nH]1. The van der Waals surface area contributed by atoms with E-state index in [0.717, 1.165) is 22.2 Å². The number of aromatic nitrogens is 3. The highest BCUT2D eigenvalue weighted by atomic mass is 16.1. The first-order valence-electron chi connectivity index (χ1n) is 9.75. The number of aromatic amines is 1. The van der Waals surface area contributed by atoms with E-state index in [4.69, 9.17) is 0 Å². The van der Waals surface area contributed by atoms with Crippen molar-refractivity contribution >= 4 is 22.2 Å². The van der Waals surface area contributed by atoms with E-state index in [0.29, 0.717) is 28.0 Å². The van der Waals surface area contributed by atoms with Gasteiger partial charge in [-0.25, -0.2) is 4.98 Å². The molecule has 2 aromatic carbocycles. The second kappa shape index (κ2) is 6.81. The number of aryl methyl sites for hydroxylation is 1. The lowest BCUT2D eigenvalue weighted by Gasteiger charge is -2.06. The summed E-state index contributed by atoms with van der Waals surface area (Å²) in [6.07, 6.45) is 1.90. The van der Waals surface area contributed by atoms with Crippen molar-refractivity contribution in [1.29, 1.82) is 0 Å². The Hall–Kier alpha value is -3.99. The number of ketones is 1. The third-order valence-corrected chi connectivity index (χ3v) is 5.45. The van der Waals surface area contributed by atoms with Crippen LogP contribution in [0.25, 0.3) is 27.5 Å². The van der Waals surface area contributed by atoms with E-state index in [2.05, 4.69) is 9.97 Å². The second-order valence-corrected chi connectivity index (χ2v) is 7.38. The van der Waals surface area contributed by atoms with Gasteiger partial charge in [-0.05, 0) is 55.3 Å². The zero-order valence-electron chi connectivity index (χ0n) is 16.6. The summed E-state index contributed by atoms with van der Waals surface area (Å²) >= 11 is 0. The van der Waals surface area contributed by atoms with Gasteiger partial charge in [0.2, 0.25) is 5.78 Å². The Kier molecular flexibility index (Phi) is 4.10. The molecule has 0 bridgehead atoms. The molecule has 3 heterocycles.